The van der Waals surface area contributed by atoms with Crippen molar-refractivity contribution in [2.45, 2.75) is 59.4 Å². The summed E-state index contributed by atoms with van der Waals surface area (Å²) in [4.78, 5) is 9.26. The normalized spacial score (nSPS) is 16.1. The molecule has 0 aromatic carbocycles. The van der Waals surface area contributed by atoms with E-state index in [4.69, 9.17) is 5.73 Å². The highest BCUT2D eigenvalue weighted by atomic mass is 14.7. The predicted molar refractivity (Wildman–Crippen MR) is 114 cm³/mol. The molecule has 1 atom stereocenters. The van der Waals surface area contributed by atoms with Crippen LogP contribution in [0.1, 0.15) is 67.2 Å². The third-order valence-corrected chi connectivity index (χ3v) is 6.08. The summed E-state index contributed by atoms with van der Waals surface area (Å²) >= 11 is 0. The SMILES string of the molecule is CCC(CC(=C(C#N)c1ccc(C)nc1C)c1ccc(CN)cn1)C1CCC1. The lowest BCUT2D eigenvalue weighted by Crippen LogP contribution is -2.22. The second kappa shape index (κ2) is 9.12. The zero-order valence-electron chi connectivity index (χ0n) is 17.2. The highest BCUT2D eigenvalue weighted by Gasteiger charge is 2.28. The number of aromatic nitrogens is 2. The number of allylic oxidation sites excluding steroid dienone is 2. The molecule has 2 aromatic heterocycles. The van der Waals surface area contributed by atoms with Gasteiger partial charge in [-0.3, -0.25) is 9.97 Å². The molecule has 146 valence electrons. The molecule has 1 unspecified atom stereocenters. The fraction of sp³-hybridized carbons (Fsp3) is 0.458. The number of pyridine rings is 2. The van der Waals surface area contributed by atoms with Crippen molar-refractivity contribution in [2.75, 3.05) is 0 Å². The van der Waals surface area contributed by atoms with Gasteiger partial charge in [-0.15, -0.1) is 0 Å². The van der Waals surface area contributed by atoms with Gasteiger partial charge in [0, 0.05) is 29.7 Å². The minimum atomic E-state index is 0.470. The first-order chi connectivity index (χ1) is 13.6. The van der Waals surface area contributed by atoms with E-state index in [1.165, 1.54) is 19.3 Å². The van der Waals surface area contributed by atoms with Gasteiger partial charge >= 0.3 is 0 Å². The molecule has 2 N–H and O–H groups in total. The number of nitriles is 1. The lowest BCUT2D eigenvalue weighted by atomic mass is 9.71. The highest BCUT2D eigenvalue weighted by molar-refractivity contribution is 5.97. The summed E-state index contributed by atoms with van der Waals surface area (Å²) in [5.41, 5.74) is 12.1. The number of rotatable bonds is 7. The van der Waals surface area contributed by atoms with Crippen LogP contribution in [-0.4, -0.2) is 9.97 Å². The molecule has 0 bridgehead atoms. The van der Waals surface area contributed by atoms with Gasteiger partial charge in [-0.1, -0.05) is 44.7 Å². The Morgan fingerprint density at radius 3 is 2.54 bits per heavy atom. The minimum Gasteiger partial charge on any atom is -0.326 e. The molecule has 4 nitrogen and oxygen atoms in total. The van der Waals surface area contributed by atoms with Crippen molar-refractivity contribution < 1.29 is 0 Å². The molecule has 0 radical (unpaired) electrons. The van der Waals surface area contributed by atoms with E-state index in [1.807, 2.05) is 44.3 Å². The molecule has 1 aliphatic rings. The van der Waals surface area contributed by atoms with Crippen LogP contribution in [-0.2, 0) is 6.54 Å². The molecule has 2 aromatic rings. The van der Waals surface area contributed by atoms with Gasteiger partial charge in [0.1, 0.15) is 6.07 Å². The lowest BCUT2D eigenvalue weighted by molar-refractivity contribution is 0.204. The lowest BCUT2D eigenvalue weighted by Gasteiger charge is -2.34. The fourth-order valence-corrected chi connectivity index (χ4v) is 4.12. The summed E-state index contributed by atoms with van der Waals surface area (Å²) in [5.74, 6) is 1.35. The molecule has 4 heteroatoms. The molecule has 3 rings (SSSR count). The van der Waals surface area contributed by atoms with Crippen molar-refractivity contribution in [3.63, 3.8) is 0 Å². The topological polar surface area (TPSA) is 75.6 Å². The zero-order valence-corrected chi connectivity index (χ0v) is 17.2. The molecule has 0 amide bonds. The molecular weight excluding hydrogens is 344 g/mol. The van der Waals surface area contributed by atoms with Gasteiger partial charge in [0.15, 0.2) is 0 Å². The van der Waals surface area contributed by atoms with Crippen LogP contribution in [0.2, 0.25) is 0 Å². The van der Waals surface area contributed by atoms with Crippen LogP contribution in [0.25, 0.3) is 11.1 Å². The van der Waals surface area contributed by atoms with Gasteiger partial charge in [-0.2, -0.15) is 5.26 Å². The molecule has 1 fully saturated rings. The van der Waals surface area contributed by atoms with E-state index in [2.05, 4.69) is 23.0 Å². The van der Waals surface area contributed by atoms with E-state index < -0.39 is 0 Å². The summed E-state index contributed by atoms with van der Waals surface area (Å²) in [6, 6.07) is 10.5. The van der Waals surface area contributed by atoms with Crippen molar-refractivity contribution in [1.82, 2.24) is 9.97 Å². The van der Waals surface area contributed by atoms with Crippen molar-refractivity contribution >= 4 is 11.1 Å². The molecule has 0 saturated heterocycles. The molecule has 2 heterocycles. The van der Waals surface area contributed by atoms with Gasteiger partial charge in [0.2, 0.25) is 0 Å². The van der Waals surface area contributed by atoms with E-state index in [0.717, 1.165) is 52.5 Å². The minimum absolute atomic E-state index is 0.470. The van der Waals surface area contributed by atoms with Crippen LogP contribution >= 0.6 is 0 Å². The molecule has 0 aliphatic heterocycles. The van der Waals surface area contributed by atoms with Gasteiger partial charge in [0.05, 0.1) is 11.3 Å². The van der Waals surface area contributed by atoms with Gasteiger partial charge < -0.3 is 5.73 Å². The van der Waals surface area contributed by atoms with E-state index in [1.54, 1.807) is 0 Å². The van der Waals surface area contributed by atoms with Crippen molar-refractivity contribution in [2.24, 2.45) is 17.6 Å². The van der Waals surface area contributed by atoms with E-state index in [-0.39, 0.29) is 0 Å². The fourth-order valence-electron chi connectivity index (χ4n) is 4.12. The average Bonchev–Trinajstić information content (AvgIpc) is 2.66. The largest absolute Gasteiger partial charge is 0.326 e. The van der Waals surface area contributed by atoms with Gasteiger partial charge in [-0.05, 0) is 55.4 Å². The van der Waals surface area contributed by atoms with Crippen LogP contribution in [0, 0.1) is 37.0 Å². The maximum Gasteiger partial charge on any atom is 0.100 e. The van der Waals surface area contributed by atoms with Crippen LogP contribution in [0.3, 0.4) is 0 Å². The second-order valence-electron chi connectivity index (χ2n) is 7.87. The van der Waals surface area contributed by atoms with E-state index >= 15 is 0 Å². The van der Waals surface area contributed by atoms with Crippen molar-refractivity contribution in [1.29, 1.82) is 5.26 Å². The number of aryl methyl sites for hydroxylation is 2. The van der Waals surface area contributed by atoms with Gasteiger partial charge in [0.25, 0.3) is 0 Å². The summed E-state index contributed by atoms with van der Waals surface area (Å²) < 4.78 is 0. The molecule has 0 spiro atoms. The Bertz CT molecular complexity index is 886. The average molecular weight is 375 g/mol. The first-order valence-corrected chi connectivity index (χ1v) is 10.3. The zero-order chi connectivity index (χ0) is 20.1. The van der Waals surface area contributed by atoms with Crippen LogP contribution in [0.15, 0.2) is 30.5 Å². The molecular formula is C24H30N4. The van der Waals surface area contributed by atoms with Crippen molar-refractivity contribution in [3.8, 4) is 6.07 Å². The summed E-state index contributed by atoms with van der Waals surface area (Å²) in [5, 5.41) is 10.1. The maximum atomic E-state index is 10.1. The first-order valence-electron chi connectivity index (χ1n) is 10.3. The monoisotopic (exact) mass is 374 g/mol. The Hall–Kier alpha value is -2.51. The third-order valence-electron chi connectivity index (χ3n) is 6.08. The molecule has 28 heavy (non-hydrogen) atoms. The van der Waals surface area contributed by atoms with Crippen LogP contribution in [0.5, 0.6) is 0 Å². The van der Waals surface area contributed by atoms with E-state index in [0.29, 0.717) is 18.0 Å². The molecule has 1 saturated carbocycles. The summed E-state index contributed by atoms with van der Waals surface area (Å²) in [6.45, 7) is 6.68. The quantitative estimate of drug-likeness (QED) is 0.676. The van der Waals surface area contributed by atoms with E-state index in [9.17, 15) is 5.26 Å². The highest BCUT2D eigenvalue weighted by Crippen LogP contribution is 2.41. The Labute approximate surface area is 168 Å². The number of hydrogen-bond donors (Lipinski definition) is 1. The Balaban J connectivity index is 2.11. The summed E-state index contributed by atoms with van der Waals surface area (Å²) in [6.07, 6.45) is 7.77. The number of nitrogens with zero attached hydrogens (tertiary/aromatic N) is 3. The standard InChI is InChI=1S/C24H30N4/c1-4-19(20-6-5-7-20)12-22(24-11-9-18(13-25)15-27-24)23(14-26)21-10-8-16(2)28-17(21)3/h8-11,15,19-20H,4-7,12-13,25H2,1-3H3. The number of hydrogen-bond acceptors (Lipinski definition) is 4. The van der Waals surface area contributed by atoms with Crippen LogP contribution in [0.4, 0.5) is 0 Å². The molecule has 1 aliphatic carbocycles. The first kappa shape index (κ1) is 20.2. The van der Waals surface area contributed by atoms with Gasteiger partial charge in [-0.25, -0.2) is 0 Å². The Morgan fingerprint density at radius 2 is 2.04 bits per heavy atom. The maximum absolute atomic E-state index is 10.1. The Kier molecular flexibility index (Phi) is 6.59. The van der Waals surface area contributed by atoms with Crippen LogP contribution < -0.4 is 5.73 Å². The Morgan fingerprint density at radius 1 is 1.25 bits per heavy atom. The third kappa shape index (κ3) is 4.31. The predicted octanol–water partition coefficient (Wildman–Crippen LogP) is 5.20. The smallest absolute Gasteiger partial charge is 0.100 e. The number of nitrogens with two attached hydrogens (primary N) is 1. The second-order valence-corrected chi connectivity index (χ2v) is 7.87. The van der Waals surface area contributed by atoms with Crippen molar-refractivity contribution in [3.05, 3.63) is 58.7 Å². The summed E-state index contributed by atoms with van der Waals surface area (Å²) in [7, 11) is 0.